The van der Waals surface area contributed by atoms with Crippen molar-refractivity contribution < 1.29 is 9.32 Å². The number of carbonyl (C=O) groups excluding carboxylic acids is 1. The second-order valence-electron chi connectivity index (χ2n) is 3.01. The van der Waals surface area contributed by atoms with Crippen molar-refractivity contribution in [3.05, 3.63) is 11.7 Å². The van der Waals surface area contributed by atoms with Crippen LogP contribution in [0.1, 0.15) is 29.4 Å². The van der Waals surface area contributed by atoms with Crippen LogP contribution in [0.25, 0.3) is 0 Å². The molecule has 70 valence electrons. The third kappa shape index (κ3) is 2.09. The highest BCUT2D eigenvalue weighted by molar-refractivity contribution is 8.00. The normalized spacial score (nSPS) is 22.0. The Balaban J connectivity index is 1.96. The Labute approximate surface area is 80.1 Å². The summed E-state index contributed by atoms with van der Waals surface area (Å²) in [4.78, 5) is 14.2. The topological polar surface area (TPSA) is 56.0 Å². The summed E-state index contributed by atoms with van der Waals surface area (Å²) in [7, 11) is 0. The van der Waals surface area contributed by atoms with Crippen molar-refractivity contribution in [1.82, 2.24) is 10.1 Å². The summed E-state index contributed by atoms with van der Waals surface area (Å²) in [5, 5.41) is 4.33. The van der Waals surface area contributed by atoms with Crippen molar-refractivity contribution in [3.8, 4) is 0 Å². The van der Waals surface area contributed by atoms with Crippen molar-refractivity contribution >= 4 is 18.0 Å². The third-order valence-corrected chi connectivity index (χ3v) is 3.42. The Hall–Kier alpha value is -0.840. The number of carbonyl (C=O) groups is 1. The molecule has 0 bridgehead atoms. The Morgan fingerprint density at radius 3 is 3.23 bits per heavy atom. The highest BCUT2D eigenvalue weighted by Gasteiger charge is 2.18. The van der Waals surface area contributed by atoms with E-state index in [9.17, 15) is 4.79 Å². The van der Waals surface area contributed by atoms with E-state index in [4.69, 9.17) is 0 Å². The van der Waals surface area contributed by atoms with E-state index in [1.807, 2.05) is 11.8 Å². The maximum atomic E-state index is 10.3. The lowest BCUT2D eigenvalue weighted by Crippen LogP contribution is -2.03. The molecule has 1 atom stereocenters. The lowest BCUT2D eigenvalue weighted by atomic mass is 10.2. The second kappa shape index (κ2) is 3.91. The first-order valence-corrected chi connectivity index (χ1v) is 5.33. The van der Waals surface area contributed by atoms with Crippen LogP contribution in [0.2, 0.25) is 0 Å². The molecule has 1 aromatic rings. The van der Waals surface area contributed by atoms with Gasteiger partial charge in [-0.25, -0.2) is 0 Å². The van der Waals surface area contributed by atoms with E-state index in [-0.39, 0.29) is 5.89 Å². The molecule has 4 nitrogen and oxygen atoms in total. The molecule has 0 saturated carbocycles. The van der Waals surface area contributed by atoms with Gasteiger partial charge in [0.2, 0.25) is 6.29 Å². The molecule has 1 aliphatic rings. The number of aromatic nitrogens is 2. The van der Waals surface area contributed by atoms with Gasteiger partial charge in [0.15, 0.2) is 5.82 Å². The lowest BCUT2D eigenvalue weighted by molar-refractivity contribution is 0.108. The summed E-state index contributed by atoms with van der Waals surface area (Å²) >= 11 is 1.94. The van der Waals surface area contributed by atoms with Gasteiger partial charge in [0.1, 0.15) is 0 Å². The molecule has 0 N–H and O–H groups in total. The minimum atomic E-state index is 0.0815. The van der Waals surface area contributed by atoms with Gasteiger partial charge in [0, 0.05) is 11.7 Å². The zero-order valence-corrected chi connectivity index (χ0v) is 7.92. The van der Waals surface area contributed by atoms with E-state index in [0.29, 0.717) is 17.4 Å². The fourth-order valence-electron chi connectivity index (χ4n) is 1.41. The summed E-state index contributed by atoms with van der Waals surface area (Å²) in [6, 6.07) is 0. The first-order valence-electron chi connectivity index (χ1n) is 4.28. The first kappa shape index (κ1) is 8.74. The molecule has 1 fully saturated rings. The van der Waals surface area contributed by atoms with Gasteiger partial charge in [0.25, 0.3) is 5.89 Å². The van der Waals surface area contributed by atoms with Gasteiger partial charge in [-0.15, -0.1) is 0 Å². The van der Waals surface area contributed by atoms with Gasteiger partial charge in [-0.3, -0.25) is 4.79 Å². The van der Waals surface area contributed by atoms with Crippen LogP contribution in [0.4, 0.5) is 0 Å². The summed E-state index contributed by atoms with van der Waals surface area (Å²) in [6.45, 7) is 0. The molecule has 1 unspecified atom stereocenters. The van der Waals surface area contributed by atoms with Crippen molar-refractivity contribution in [2.45, 2.75) is 24.5 Å². The number of hydrogen-bond acceptors (Lipinski definition) is 5. The quantitative estimate of drug-likeness (QED) is 0.685. The van der Waals surface area contributed by atoms with Gasteiger partial charge < -0.3 is 4.52 Å². The summed E-state index contributed by atoms with van der Waals surface area (Å²) < 4.78 is 4.69. The number of rotatable bonds is 3. The van der Waals surface area contributed by atoms with Crippen molar-refractivity contribution in [3.63, 3.8) is 0 Å². The van der Waals surface area contributed by atoms with Crippen LogP contribution in [0.3, 0.4) is 0 Å². The Morgan fingerprint density at radius 1 is 1.69 bits per heavy atom. The summed E-state index contributed by atoms with van der Waals surface area (Å²) in [5.74, 6) is 1.96. The van der Waals surface area contributed by atoms with Crippen LogP contribution in [0, 0.1) is 0 Å². The first-order chi connectivity index (χ1) is 6.38. The molecule has 0 amide bonds. The van der Waals surface area contributed by atoms with E-state index in [1.165, 1.54) is 18.6 Å². The number of hydrogen-bond donors (Lipinski definition) is 0. The molecule has 0 aromatic carbocycles. The average Bonchev–Trinajstić information content (AvgIpc) is 2.76. The van der Waals surface area contributed by atoms with Crippen LogP contribution in [0.5, 0.6) is 0 Å². The molecule has 1 aliphatic heterocycles. The Kier molecular flexibility index (Phi) is 2.63. The van der Waals surface area contributed by atoms with Gasteiger partial charge in [-0.05, 0) is 18.6 Å². The molecule has 1 saturated heterocycles. The second-order valence-corrected chi connectivity index (χ2v) is 4.41. The van der Waals surface area contributed by atoms with Crippen LogP contribution < -0.4 is 0 Å². The van der Waals surface area contributed by atoms with E-state index < -0.39 is 0 Å². The van der Waals surface area contributed by atoms with E-state index >= 15 is 0 Å². The minimum Gasteiger partial charge on any atom is -0.331 e. The Bertz CT molecular complexity index is 294. The van der Waals surface area contributed by atoms with Gasteiger partial charge in [0.05, 0.1) is 0 Å². The van der Waals surface area contributed by atoms with E-state index in [2.05, 4.69) is 14.7 Å². The fourth-order valence-corrected chi connectivity index (χ4v) is 2.67. The molecule has 1 aromatic heterocycles. The van der Waals surface area contributed by atoms with Crippen LogP contribution in [-0.2, 0) is 6.42 Å². The largest absolute Gasteiger partial charge is 0.331 e. The monoisotopic (exact) mass is 198 g/mol. The SMILES string of the molecule is O=Cc1nc(CC2CCCS2)no1. The molecule has 0 radical (unpaired) electrons. The van der Waals surface area contributed by atoms with Crippen molar-refractivity contribution in [1.29, 1.82) is 0 Å². The zero-order valence-electron chi connectivity index (χ0n) is 7.10. The van der Waals surface area contributed by atoms with E-state index in [1.54, 1.807) is 0 Å². The predicted molar refractivity (Wildman–Crippen MR) is 48.9 cm³/mol. The summed E-state index contributed by atoms with van der Waals surface area (Å²) in [5.41, 5.74) is 0. The molecule has 0 spiro atoms. The average molecular weight is 198 g/mol. The van der Waals surface area contributed by atoms with Gasteiger partial charge in [-0.1, -0.05) is 5.16 Å². The zero-order chi connectivity index (χ0) is 9.10. The molecule has 2 rings (SSSR count). The van der Waals surface area contributed by atoms with Crippen LogP contribution in [0.15, 0.2) is 4.52 Å². The predicted octanol–water partition coefficient (Wildman–Crippen LogP) is 1.32. The smallest absolute Gasteiger partial charge is 0.290 e. The molecular formula is C8H10N2O2S. The molecule has 2 heterocycles. The van der Waals surface area contributed by atoms with Crippen LogP contribution in [-0.4, -0.2) is 27.4 Å². The third-order valence-electron chi connectivity index (χ3n) is 2.02. The lowest BCUT2D eigenvalue weighted by Gasteiger charge is -2.02. The van der Waals surface area contributed by atoms with E-state index in [0.717, 1.165) is 6.42 Å². The van der Waals surface area contributed by atoms with Crippen molar-refractivity contribution in [2.24, 2.45) is 0 Å². The summed E-state index contributed by atoms with van der Waals surface area (Å²) in [6.07, 6.45) is 3.89. The molecule has 13 heavy (non-hydrogen) atoms. The molecule has 0 aliphatic carbocycles. The van der Waals surface area contributed by atoms with Gasteiger partial charge in [-0.2, -0.15) is 16.7 Å². The highest BCUT2D eigenvalue weighted by Crippen LogP contribution is 2.28. The van der Waals surface area contributed by atoms with Crippen molar-refractivity contribution in [2.75, 3.05) is 5.75 Å². The minimum absolute atomic E-state index is 0.0815. The maximum absolute atomic E-state index is 10.3. The standard InChI is InChI=1S/C8H10N2O2S/c11-5-8-9-7(10-12-8)4-6-2-1-3-13-6/h5-6H,1-4H2. The highest BCUT2D eigenvalue weighted by atomic mass is 32.2. The number of thioether (sulfide) groups is 1. The van der Waals surface area contributed by atoms with Crippen LogP contribution >= 0.6 is 11.8 Å². The maximum Gasteiger partial charge on any atom is 0.290 e. The molecular weight excluding hydrogens is 188 g/mol. The Morgan fingerprint density at radius 2 is 2.62 bits per heavy atom. The molecule has 5 heteroatoms. The number of nitrogens with zero attached hydrogens (tertiary/aromatic N) is 2. The van der Waals surface area contributed by atoms with Gasteiger partial charge >= 0.3 is 0 Å². The fraction of sp³-hybridized carbons (Fsp3) is 0.625. The number of aldehydes is 1.